The highest BCUT2D eigenvalue weighted by molar-refractivity contribution is 4.95. The molecule has 0 heterocycles. The zero-order valence-electron chi connectivity index (χ0n) is 7.31. The van der Waals surface area contributed by atoms with Gasteiger partial charge in [0.15, 0.2) is 0 Å². The fourth-order valence-electron chi connectivity index (χ4n) is 3.04. The van der Waals surface area contributed by atoms with Gasteiger partial charge in [-0.05, 0) is 31.1 Å². The van der Waals surface area contributed by atoms with Gasteiger partial charge in [0.1, 0.15) is 0 Å². The molecule has 0 saturated heterocycles. The summed E-state index contributed by atoms with van der Waals surface area (Å²) in [4.78, 5) is 0. The monoisotopic (exact) mass is 153 g/mol. The lowest BCUT2D eigenvalue weighted by molar-refractivity contribution is 0.172. The fraction of sp³-hybridized carbons (Fsp3) is 1.00. The summed E-state index contributed by atoms with van der Waals surface area (Å²) in [5.74, 6) is 0. The van der Waals surface area contributed by atoms with Crippen LogP contribution < -0.4 is 5.73 Å². The zero-order valence-corrected chi connectivity index (χ0v) is 7.31. The Balaban J connectivity index is 2.06. The van der Waals surface area contributed by atoms with Gasteiger partial charge < -0.3 is 5.73 Å². The van der Waals surface area contributed by atoms with Crippen molar-refractivity contribution in [2.75, 3.05) is 0 Å². The van der Waals surface area contributed by atoms with E-state index < -0.39 is 0 Å². The lowest BCUT2D eigenvalue weighted by Gasteiger charge is -2.37. The molecule has 0 aromatic carbocycles. The van der Waals surface area contributed by atoms with Gasteiger partial charge in [-0.15, -0.1) is 0 Å². The molecule has 11 heavy (non-hydrogen) atoms. The smallest absolute Gasteiger partial charge is 0.00955 e. The fourth-order valence-corrected chi connectivity index (χ4v) is 3.04. The van der Waals surface area contributed by atoms with E-state index in [-0.39, 0.29) is 0 Å². The van der Waals surface area contributed by atoms with Gasteiger partial charge in [-0.3, -0.25) is 0 Å². The molecule has 0 unspecified atom stereocenters. The first-order chi connectivity index (χ1) is 5.33. The van der Waals surface area contributed by atoms with Crippen molar-refractivity contribution in [1.82, 2.24) is 0 Å². The van der Waals surface area contributed by atoms with E-state index in [2.05, 4.69) is 0 Å². The van der Waals surface area contributed by atoms with Crippen molar-refractivity contribution in [3.8, 4) is 0 Å². The molecular weight excluding hydrogens is 134 g/mol. The van der Waals surface area contributed by atoms with E-state index in [1.807, 2.05) is 0 Å². The van der Waals surface area contributed by atoms with E-state index >= 15 is 0 Å². The van der Waals surface area contributed by atoms with Crippen LogP contribution in [0.2, 0.25) is 0 Å². The Bertz CT molecular complexity index is 136. The van der Waals surface area contributed by atoms with E-state index in [0.29, 0.717) is 11.5 Å². The summed E-state index contributed by atoms with van der Waals surface area (Å²) in [6, 6.07) is 0.544. The van der Waals surface area contributed by atoms with E-state index in [1.54, 1.807) is 0 Å². The predicted molar refractivity (Wildman–Crippen MR) is 47.3 cm³/mol. The third-order valence-electron chi connectivity index (χ3n) is 3.83. The second-order valence-electron chi connectivity index (χ2n) is 4.42. The zero-order chi connectivity index (χ0) is 7.73. The average Bonchev–Trinajstić information content (AvgIpc) is 2.36. The molecule has 2 saturated carbocycles. The Hall–Kier alpha value is -0.0400. The van der Waals surface area contributed by atoms with Crippen LogP contribution >= 0.6 is 0 Å². The third-order valence-corrected chi connectivity index (χ3v) is 3.83. The maximum Gasteiger partial charge on any atom is 0.00955 e. The summed E-state index contributed by atoms with van der Waals surface area (Å²) in [5, 5.41) is 0. The second-order valence-corrected chi connectivity index (χ2v) is 4.42. The molecule has 2 aliphatic carbocycles. The lowest BCUT2D eigenvalue weighted by atomic mass is 9.71. The number of hydrogen-bond acceptors (Lipinski definition) is 1. The van der Waals surface area contributed by atoms with Crippen molar-refractivity contribution in [3.05, 3.63) is 0 Å². The van der Waals surface area contributed by atoms with Crippen LogP contribution in [0.25, 0.3) is 0 Å². The summed E-state index contributed by atoms with van der Waals surface area (Å²) in [5.41, 5.74) is 6.75. The van der Waals surface area contributed by atoms with Gasteiger partial charge in [0, 0.05) is 6.04 Å². The Morgan fingerprint density at radius 3 is 2.09 bits per heavy atom. The SMILES string of the molecule is N[C@@H]1CCCC12CCCCC2. The summed E-state index contributed by atoms with van der Waals surface area (Å²) >= 11 is 0. The van der Waals surface area contributed by atoms with Gasteiger partial charge in [0.2, 0.25) is 0 Å². The molecule has 64 valence electrons. The van der Waals surface area contributed by atoms with Gasteiger partial charge in [-0.1, -0.05) is 25.7 Å². The van der Waals surface area contributed by atoms with Crippen molar-refractivity contribution in [2.24, 2.45) is 11.1 Å². The summed E-state index contributed by atoms with van der Waals surface area (Å²) in [6.07, 6.45) is 11.3. The number of nitrogens with two attached hydrogens (primary N) is 1. The topological polar surface area (TPSA) is 26.0 Å². The molecule has 2 N–H and O–H groups in total. The van der Waals surface area contributed by atoms with Crippen LogP contribution in [0.4, 0.5) is 0 Å². The highest BCUT2D eigenvalue weighted by Crippen LogP contribution is 2.47. The number of hydrogen-bond donors (Lipinski definition) is 1. The first-order valence-electron chi connectivity index (χ1n) is 5.09. The minimum Gasteiger partial charge on any atom is -0.327 e. The molecule has 1 heteroatoms. The molecule has 2 aliphatic rings. The minimum absolute atomic E-state index is 0.544. The Morgan fingerprint density at radius 1 is 0.909 bits per heavy atom. The third kappa shape index (κ3) is 1.20. The van der Waals surface area contributed by atoms with E-state index in [1.165, 1.54) is 51.4 Å². The van der Waals surface area contributed by atoms with E-state index in [0.717, 1.165) is 0 Å². The van der Waals surface area contributed by atoms with Crippen molar-refractivity contribution in [1.29, 1.82) is 0 Å². The van der Waals surface area contributed by atoms with Crippen LogP contribution in [0.15, 0.2) is 0 Å². The average molecular weight is 153 g/mol. The lowest BCUT2D eigenvalue weighted by Crippen LogP contribution is -2.38. The van der Waals surface area contributed by atoms with Crippen molar-refractivity contribution in [3.63, 3.8) is 0 Å². The molecule has 1 atom stereocenters. The maximum atomic E-state index is 6.14. The van der Waals surface area contributed by atoms with Gasteiger partial charge >= 0.3 is 0 Å². The first kappa shape index (κ1) is 7.60. The minimum atomic E-state index is 0.544. The molecular formula is C10H19N. The van der Waals surface area contributed by atoms with Crippen LogP contribution in [-0.2, 0) is 0 Å². The molecule has 2 fully saturated rings. The van der Waals surface area contributed by atoms with Crippen molar-refractivity contribution >= 4 is 0 Å². The molecule has 0 radical (unpaired) electrons. The first-order valence-corrected chi connectivity index (χ1v) is 5.09. The molecule has 0 aromatic rings. The highest BCUT2D eigenvalue weighted by Gasteiger charge is 2.40. The molecule has 2 rings (SSSR count). The molecule has 1 spiro atoms. The van der Waals surface area contributed by atoms with Crippen LogP contribution in [-0.4, -0.2) is 6.04 Å². The quantitative estimate of drug-likeness (QED) is 0.568. The van der Waals surface area contributed by atoms with Crippen molar-refractivity contribution in [2.45, 2.75) is 57.4 Å². The van der Waals surface area contributed by atoms with E-state index in [4.69, 9.17) is 5.73 Å². The molecule has 0 amide bonds. The standard InChI is InChI=1S/C10H19N/c11-9-5-4-8-10(9)6-2-1-3-7-10/h9H,1-8,11H2/t9-/m1/s1. The number of rotatable bonds is 0. The van der Waals surface area contributed by atoms with Gasteiger partial charge in [-0.2, -0.15) is 0 Å². The molecule has 0 aromatic heterocycles. The van der Waals surface area contributed by atoms with Crippen LogP contribution in [0, 0.1) is 5.41 Å². The summed E-state index contributed by atoms with van der Waals surface area (Å²) in [7, 11) is 0. The predicted octanol–water partition coefficient (Wildman–Crippen LogP) is 2.45. The Kier molecular flexibility index (Phi) is 1.92. The van der Waals surface area contributed by atoms with Crippen LogP contribution in [0.3, 0.4) is 0 Å². The summed E-state index contributed by atoms with van der Waals surface area (Å²) < 4.78 is 0. The molecule has 1 nitrogen and oxygen atoms in total. The molecule has 0 bridgehead atoms. The van der Waals surface area contributed by atoms with E-state index in [9.17, 15) is 0 Å². The second kappa shape index (κ2) is 2.78. The summed E-state index contributed by atoms with van der Waals surface area (Å²) in [6.45, 7) is 0. The van der Waals surface area contributed by atoms with Gasteiger partial charge in [-0.25, -0.2) is 0 Å². The van der Waals surface area contributed by atoms with Gasteiger partial charge in [0.05, 0.1) is 0 Å². The largest absolute Gasteiger partial charge is 0.327 e. The maximum absolute atomic E-state index is 6.14. The van der Waals surface area contributed by atoms with Gasteiger partial charge in [0.25, 0.3) is 0 Å². The van der Waals surface area contributed by atoms with Crippen LogP contribution in [0.5, 0.6) is 0 Å². The normalized spacial score (nSPS) is 36.3. The molecule has 0 aliphatic heterocycles. The Morgan fingerprint density at radius 2 is 1.55 bits per heavy atom. The van der Waals surface area contributed by atoms with Crippen molar-refractivity contribution < 1.29 is 0 Å². The highest BCUT2D eigenvalue weighted by atomic mass is 14.7. The Labute approximate surface area is 69.4 Å². The van der Waals surface area contributed by atoms with Crippen LogP contribution in [0.1, 0.15) is 51.4 Å².